The third-order valence-electron chi connectivity index (χ3n) is 5.50. The first-order valence-electron chi connectivity index (χ1n) is 7.68. The van der Waals surface area contributed by atoms with Crippen molar-refractivity contribution in [2.24, 2.45) is 23.7 Å². The monoisotopic (exact) mass is 302 g/mol. The molecule has 0 spiro atoms. The van der Waals surface area contributed by atoms with E-state index in [0.717, 1.165) is 24.2 Å². The molecule has 116 valence electrons. The summed E-state index contributed by atoms with van der Waals surface area (Å²) >= 11 is 0. The van der Waals surface area contributed by atoms with E-state index in [4.69, 9.17) is 4.42 Å². The van der Waals surface area contributed by atoms with Gasteiger partial charge in [0.25, 0.3) is 0 Å². The van der Waals surface area contributed by atoms with Gasteiger partial charge in [-0.2, -0.15) is 0 Å². The summed E-state index contributed by atoms with van der Waals surface area (Å²) in [6.45, 7) is 0. The van der Waals surface area contributed by atoms with E-state index in [9.17, 15) is 19.5 Å². The third-order valence-corrected chi connectivity index (χ3v) is 5.50. The highest BCUT2D eigenvalue weighted by molar-refractivity contribution is 6.06. The zero-order valence-electron chi connectivity index (χ0n) is 11.9. The van der Waals surface area contributed by atoms with Crippen LogP contribution in [0.2, 0.25) is 0 Å². The number of carboxylic acids is 1. The van der Waals surface area contributed by atoms with Crippen LogP contribution in [-0.4, -0.2) is 22.7 Å². The fourth-order valence-corrected chi connectivity index (χ4v) is 4.70. The lowest BCUT2D eigenvalue weighted by Gasteiger charge is -2.26. The normalized spacial score (nSPS) is 34.3. The molecule has 0 unspecified atom stereocenters. The van der Waals surface area contributed by atoms with Gasteiger partial charge in [-0.25, -0.2) is 0 Å². The topological polar surface area (TPSA) is 90.7 Å². The molecule has 5 atom stereocenters. The molecule has 6 heteroatoms. The molecule has 0 aromatic carbocycles. The molecular formula is C16H16NO5-. The zero-order chi connectivity index (χ0) is 15.4. The van der Waals surface area contributed by atoms with Crippen LogP contribution in [0.3, 0.4) is 0 Å². The van der Waals surface area contributed by atoms with Crippen molar-refractivity contribution in [2.45, 2.75) is 31.7 Å². The molecule has 2 bridgehead atoms. The molecule has 4 rings (SSSR count). The molecule has 1 aliphatic heterocycles. The summed E-state index contributed by atoms with van der Waals surface area (Å²) in [5.41, 5.74) is 0. The van der Waals surface area contributed by atoms with E-state index in [2.05, 4.69) is 0 Å². The number of hydrogen-bond acceptors (Lipinski definition) is 5. The number of fused-ring (bicyclic) bond motifs is 5. The van der Waals surface area contributed by atoms with Crippen molar-refractivity contribution in [1.29, 1.82) is 0 Å². The molecule has 6 nitrogen and oxygen atoms in total. The van der Waals surface area contributed by atoms with Gasteiger partial charge in [-0.1, -0.05) is 0 Å². The maximum Gasteiger partial charge on any atom is 0.234 e. The second-order valence-electron chi connectivity index (χ2n) is 6.54. The first-order chi connectivity index (χ1) is 10.6. The van der Waals surface area contributed by atoms with E-state index in [1.54, 1.807) is 12.1 Å². The first kappa shape index (κ1) is 13.5. The predicted molar refractivity (Wildman–Crippen MR) is 70.7 cm³/mol. The lowest BCUT2D eigenvalue weighted by molar-refractivity contribution is -0.306. The number of hydrogen-bond donors (Lipinski definition) is 0. The smallest absolute Gasteiger partial charge is 0.234 e. The molecule has 2 saturated carbocycles. The Bertz CT molecular complexity index is 609. The fraction of sp³-hybridized carbons (Fsp3) is 0.562. The second kappa shape index (κ2) is 4.69. The van der Waals surface area contributed by atoms with Gasteiger partial charge in [0.1, 0.15) is 11.8 Å². The average molecular weight is 302 g/mol. The molecule has 0 radical (unpaired) electrons. The van der Waals surface area contributed by atoms with Crippen LogP contribution in [0, 0.1) is 23.7 Å². The van der Waals surface area contributed by atoms with Crippen LogP contribution >= 0.6 is 0 Å². The Morgan fingerprint density at radius 1 is 1.27 bits per heavy atom. The third kappa shape index (κ3) is 1.76. The number of carboxylic acid groups (broad SMARTS) is 1. The van der Waals surface area contributed by atoms with Crippen molar-refractivity contribution in [3.8, 4) is 0 Å². The highest BCUT2D eigenvalue weighted by Gasteiger charge is 2.62. The molecule has 2 aliphatic carbocycles. The maximum atomic E-state index is 12.8. The zero-order valence-corrected chi connectivity index (χ0v) is 11.9. The summed E-state index contributed by atoms with van der Waals surface area (Å²) in [5, 5.41) is 11.1. The number of likely N-dealkylation sites (tertiary alicyclic amines) is 1. The van der Waals surface area contributed by atoms with Gasteiger partial charge in [0, 0.05) is 12.4 Å². The summed E-state index contributed by atoms with van der Waals surface area (Å²) in [6.07, 6.45) is 3.91. The number of carbonyl (C=O) groups is 3. The Morgan fingerprint density at radius 3 is 2.41 bits per heavy atom. The second-order valence-corrected chi connectivity index (χ2v) is 6.54. The molecular weight excluding hydrogens is 286 g/mol. The van der Waals surface area contributed by atoms with Crippen LogP contribution in [-0.2, 0) is 14.4 Å². The van der Waals surface area contributed by atoms with Gasteiger partial charge in [-0.3, -0.25) is 14.5 Å². The van der Waals surface area contributed by atoms with Crippen molar-refractivity contribution in [2.75, 3.05) is 0 Å². The van der Waals surface area contributed by atoms with Gasteiger partial charge < -0.3 is 14.3 Å². The molecule has 3 aliphatic rings. The van der Waals surface area contributed by atoms with Gasteiger partial charge in [0.15, 0.2) is 0 Å². The van der Waals surface area contributed by atoms with Gasteiger partial charge in [0.2, 0.25) is 11.8 Å². The van der Waals surface area contributed by atoms with Crippen molar-refractivity contribution in [3.05, 3.63) is 24.2 Å². The van der Waals surface area contributed by atoms with Crippen molar-refractivity contribution < 1.29 is 23.9 Å². The minimum absolute atomic E-state index is 0.232. The van der Waals surface area contributed by atoms with Gasteiger partial charge in [-0.15, -0.1) is 0 Å². The predicted octanol–water partition coefficient (Wildman–Crippen LogP) is 0.492. The van der Waals surface area contributed by atoms with Crippen LogP contribution in [0.4, 0.5) is 0 Å². The molecule has 3 fully saturated rings. The molecule has 0 N–H and O–H groups in total. The first-order valence-corrected chi connectivity index (χ1v) is 7.68. The van der Waals surface area contributed by atoms with Crippen LogP contribution in [0.1, 0.15) is 37.5 Å². The van der Waals surface area contributed by atoms with E-state index < -0.39 is 18.4 Å². The van der Waals surface area contributed by atoms with Gasteiger partial charge >= 0.3 is 0 Å². The van der Waals surface area contributed by atoms with E-state index in [1.807, 2.05) is 0 Å². The van der Waals surface area contributed by atoms with E-state index in [0.29, 0.717) is 5.76 Å². The highest BCUT2D eigenvalue weighted by Crippen LogP contribution is 2.57. The largest absolute Gasteiger partial charge is 0.550 e. The number of aliphatic carboxylic acids is 1. The summed E-state index contributed by atoms with van der Waals surface area (Å²) in [4.78, 5) is 37.7. The average Bonchev–Trinajstić information content (AvgIpc) is 3.22. The molecule has 1 aromatic heterocycles. The quantitative estimate of drug-likeness (QED) is 0.755. The number of nitrogens with zero attached hydrogens (tertiary/aromatic N) is 1. The molecule has 22 heavy (non-hydrogen) atoms. The van der Waals surface area contributed by atoms with Gasteiger partial charge in [0.05, 0.1) is 18.1 Å². The van der Waals surface area contributed by atoms with Crippen molar-refractivity contribution in [3.63, 3.8) is 0 Å². The number of carbonyl (C=O) groups excluding carboxylic acids is 3. The maximum absolute atomic E-state index is 12.8. The van der Waals surface area contributed by atoms with Crippen LogP contribution in [0.25, 0.3) is 0 Å². The van der Waals surface area contributed by atoms with E-state index in [-0.39, 0.29) is 35.5 Å². The number of amides is 2. The summed E-state index contributed by atoms with van der Waals surface area (Å²) in [5.74, 6) is -1.42. The SMILES string of the molecule is O=C([O-])C[C@@H](c1ccco1)N1C(=O)[C@@H]2[C@H]3CC[C@@H](C3)[C@@H]2C1=O. The van der Waals surface area contributed by atoms with Crippen LogP contribution in [0.15, 0.2) is 22.8 Å². The summed E-state index contributed by atoms with van der Waals surface area (Å²) < 4.78 is 5.26. The number of furan rings is 1. The minimum Gasteiger partial charge on any atom is -0.550 e. The standard InChI is InChI=1S/C16H17NO5/c18-12(19)7-10(11-2-1-5-22-11)17-15(20)13-8-3-4-9(6-8)14(13)16(17)21/h1-2,5,8-10,13-14H,3-4,6-7H2,(H,18,19)/p-1/t8-,9-,10-,13-,14+/m0/s1. The molecule has 1 aromatic rings. The molecule has 1 saturated heterocycles. The van der Waals surface area contributed by atoms with Crippen LogP contribution < -0.4 is 5.11 Å². The minimum atomic E-state index is -1.30. The Kier molecular flexibility index (Phi) is 2.89. The highest BCUT2D eigenvalue weighted by atomic mass is 16.4. The molecule has 2 heterocycles. The van der Waals surface area contributed by atoms with Crippen molar-refractivity contribution >= 4 is 17.8 Å². The molecule has 2 amide bonds. The summed E-state index contributed by atoms with van der Waals surface area (Å²) in [7, 11) is 0. The lowest BCUT2D eigenvalue weighted by atomic mass is 9.81. The Balaban J connectivity index is 1.70. The summed E-state index contributed by atoms with van der Waals surface area (Å²) in [6, 6.07) is 2.31. The Morgan fingerprint density at radius 2 is 1.91 bits per heavy atom. The fourth-order valence-electron chi connectivity index (χ4n) is 4.70. The van der Waals surface area contributed by atoms with Crippen molar-refractivity contribution in [1.82, 2.24) is 4.90 Å². The van der Waals surface area contributed by atoms with Gasteiger partial charge in [-0.05, 0) is 43.2 Å². The number of rotatable bonds is 4. The van der Waals surface area contributed by atoms with E-state index in [1.165, 1.54) is 6.26 Å². The number of imide groups is 1. The Hall–Kier alpha value is -2.11. The lowest BCUT2D eigenvalue weighted by Crippen LogP contribution is -2.39. The Labute approximate surface area is 127 Å². The van der Waals surface area contributed by atoms with Crippen LogP contribution in [0.5, 0.6) is 0 Å². The van der Waals surface area contributed by atoms with E-state index >= 15 is 0 Å².